The summed E-state index contributed by atoms with van der Waals surface area (Å²) in [5.74, 6) is -0.464. The van der Waals surface area contributed by atoms with E-state index in [-0.39, 0.29) is 21.9 Å². The third-order valence-corrected chi connectivity index (χ3v) is 7.85. The average molecular weight is 511 g/mol. The fraction of sp³-hybridized carbons (Fsp3) is 0.348. The molecule has 0 bridgehead atoms. The van der Waals surface area contributed by atoms with Crippen LogP contribution in [0.1, 0.15) is 32.4 Å². The molecule has 1 saturated heterocycles. The second-order valence-corrected chi connectivity index (χ2v) is 10.8. The number of piperidine rings is 1. The first-order valence-corrected chi connectivity index (χ1v) is 12.6. The highest BCUT2D eigenvalue weighted by atomic mass is 35.5. The molecule has 0 saturated carbocycles. The summed E-state index contributed by atoms with van der Waals surface area (Å²) in [5.41, 5.74) is 5.08. The molecule has 2 aliphatic rings. The fourth-order valence-corrected chi connectivity index (χ4v) is 5.61. The molecule has 1 aromatic heterocycles. The Morgan fingerprint density at radius 2 is 2.21 bits per heavy atom. The maximum atomic E-state index is 13.3. The van der Waals surface area contributed by atoms with E-state index in [9.17, 15) is 12.8 Å². The highest BCUT2D eigenvalue weighted by molar-refractivity contribution is 7.93. The number of halogens is 3. The largest absolute Gasteiger partial charge is 0.349 e. The van der Waals surface area contributed by atoms with Crippen LogP contribution in [0.4, 0.5) is 4.39 Å². The number of sulfonamides is 1. The molecule has 0 aliphatic carbocycles. The van der Waals surface area contributed by atoms with Crippen LogP contribution < -0.4 is 5.32 Å². The third-order valence-electron chi connectivity index (χ3n) is 5.51. The van der Waals surface area contributed by atoms with Crippen molar-refractivity contribution in [2.75, 3.05) is 13.1 Å². The van der Waals surface area contributed by atoms with Gasteiger partial charge in [-0.15, -0.1) is 0 Å². The molecular formula is C23H25Cl2FN4O2S. The first kappa shape index (κ1) is 25.4. The molecule has 10 heteroatoms. The van der Waals surface area contributed by atoms with Crippen molar-refractivity contribution < 1.29 is 12.8 Å². The molecule has 6 nitrogen and oxygen atoms in total. The van der Waals surface area contributed by atoms with Gasteiger partial charge in [0.1, 0.15) is 16.7 Å². The summed E-state index contributed by atoms with van der Waals surface area (Å²) in [6.45, 7) is 7.77. The minimum absolute atomic E-state index is 0.00482. The van der Waals surface area contributed by atoms with E-state index >= 15 is 0 Å². The van der Waals surface area contributed by atoms with Crippen LogP contribution in [0.15, 0.2) is 69.6 Å². The zero-order valence-corrected chi connectivity index (χ0v) is 20.7. The van der Waals surface area contributed by atoms with Crippen molar-refractivity contribution >= 4 is 44.1 Å². The van der Waals surface area contributed by atoms with E-state index in [4.69, 9.17) is 23.2 Å². The summed E-state index contributed by atoms with van der Waals surface area (Å²) in [5, 5.41) is 4.19. The van der Waals surface area contributed by atoms with Gasteiger partial charge in [0.25, 0.3) is 0 Å². The van der Waals surface area contributed by atoms with Gasteiger partial charge in [0.15, 0.2) is 0 Å². The number of aliphatic imine (C=N–C) groups is 1. The second-order valence-electron chi connectivity index (χ2n) is 7.83. The molecule has 0 unspecified atom stereocenters. The summed E-state index contributed by atoms with van der Waals surface area (Å²) in [6.07, 6.45) is 6.47. The van der Waals surface area contributed by atoms with Crippen LogP contribution in [-0.2, 0) is 10.0 Å². The molecule has 176 valence electrons. The second kappa shape index (κ2) is 10.8. The Bertz CT molecular complexity index is 1180. The SMILES string of the molecule is C=C/C(=C\N=C(C)Cl)S(=O)(=O)N1CC[C@@H](C2=C(Cl)CC=C=C(c3ccc(F)cn3)N2)[C@@H](C)C1. The zero-order valence-electron chi connectivity index (χ0n) is 18.4. The number of hydrogen-bond donors (Lipinski definition) is 1. The lowest BCUT2D eigenvalue weighted by atomic mass is 9.84. The van der Waals surface area contributed by atoms with Gasteiger partial charge in [-0.1, -0.05) is 42.4 Å². The molecule has 1 aromatic rings. The van der Waals surface area contributed by atoms with Gasteiger partial charge in [-0.3, -0.25) is 4.98 Å². The monoisotopic (exact) mass is 510 g/mol. The topological polar surface area (TPSA) is 74.7 Å². The average Bonchev–Trinajstić information content (AvgIpc) is 2.96. The molecular weight excluding hydrogens is 486 g/mol. The van der Waals surface area contributed by atoms with Gasteiger partial charge in [-0.05, 0) is 43.5 Å². The summed E-state index contributed by atoms with van der Waals surface area (Å²) in [4.78, 5) is 8.01. The van der Waals surface area contributed by atoms with Crippen molar-refractivity contribution in [3.05, 3.63) is 76.1 Å². The van der Waals surface area contributed by atoms with Crippen molar-refractivity contribution in [2.24, 2.45) is 16.8 Å². The van der Waals surface area contributed by atoms with E-state index in [0.29, 0.717) is 42.4 Å². The van der Waals surface area contributed by atoms with Crippen molar-refractivity contribution in [3.63, 3.8) is 0 Å². The normalized spacial score (nSPS) is 23.1. The molecule has 1 N–H and O–H groups in total. The van der Waals surface area contributed by atoms with Crippen LogP contribution in [-0.4, -0.2) is 36.0 Å². The maximum Gasteiger partial charge on any atom is 0.244 e. The lowest BCUT2D eigenvalue weighted by Crippen LogP contribution is -2.44. The van der Waals surface area contributed by atoms with Crippen LogP contribution >= 0.6 is 23.2 Å². The summed E-state index contributed by atoms with van der Waals surface area (Å²) in [7, 11) is -3.76. The molecule has 3 heterocycles. The first-order chi connectivity index (χ1) is 15.6. The van der Waals surface area contributed by atoms with Gasteiger partial charge in [-0.2, -0.15) is 4.31 Å². The van der Waals surface area contributed by atoms with Crippen molar-refractivity contribution in [1.82, 2.24) is 14.6 Å². The third kappa shape index (κ3) is 6.02. The zero-order chi connectivity index (χ0) is 24.2. The molecule has 3 rings (SSSR count). The molecule has 2 atom stereocenters. The van der Waals surface area contributed by atoms with E-state index in [1.54, 1.807) is 19.1 Å². The number of hydrogen-bond acceptors (Lipinski definition) is 5. The van der Waals surface area contributed by atoms with Crippen LogP contribution in [0.5, 0.6) is 0 Å². The molecule has 0 radical (unpaired) electrons. The van der Waals surface area contributed by atoms with Gasteiger partial charge in [0.2, 0.25) is 10.0 Å². The van der Waals surface area contributed by atoms with Gasteiger partial charge in [-0.25, -0.2) is 17.8 Å². The number of nitrogens with zero attached hydrogens (tertiary/aromatic N) is 3. The summed E-state index contributed by atoms with van der Waals surface area (Å²) >= 11 is 12.3. The Morgan fingerprint density at radius 3 is 2.82 bits per heavy atom. The van der Waals surface area contributed by atoms with Crippen LogP contribution in [0, 0.1) is 17.7 Å². The van der Waals surface area contributed by atoms with Crippen LogP contribution in [0.25, 0.3) is 5.70 Å². The van der Waals surface area contributed by atoms with Crippen LogP contribution in [0.3, 0.4) is 0 Å². The molecule has 2 aliphatic heterocycles. The van der Waals surface area contributed by atoms with Crippen molar-refractivity contribution in [3.8, 4) is 0 Å². The molecule has 0 spiro atoms. The molecule has 0 amide bonds. The summed E-state index contributed by atoms with van der Waals surface area (Å²) < 4.78 is 40.9. The van der Waals surface area contributed by atoms with E-state index in [1.165, 1.54) is 22.6 Å². The molecule has 33 heavy (non-hydrogen) atoms. The fourth-order valence-electron chi connectivity index (χ4n) is 3.83. The van der Waals surface area contributed by atoms with E-state index in [2.05, 4.69) is 27.6 Å². The minimum atomic E-state index is -3.76. The van der Waals surface area contributed by atoms with Gasteiger partial charge in [0, 0.05) is 42.4 Å². The highest BCUT2D eigenvalue weighted by Crippen LogP contribution is 2.36. The van der Waals surface area contributed by atoms with E-state index < -0.39 is 15.8 Å². The Balaban J connectivity index is 1.81. The predicted octanol–water partition coefficient (Wildman–Crippen LogP) is 5.13. The Kier molecular flexibility index (Phi) is 8.32. The number of aromatic nitrogens is 1. The van der Waals surface area contributed by atoms with Crippen LogP contribution in [0.2, 0.25) is 0 Å². The quantitative estimate of drug-likeness (QED) is 0.326. The standard InChI is InChI=1S/C23H25Cl2FN4O2S/c1-4-18(13-27-16(3)24)33(31,32)30-11-10-19(15(2)14-30)23-20(25)6-5-7-22(29-23)21-9-8-17(26)12-28-21/h4-5,8-9,12-13,15,19,29H,1,6,10-11,14H2,2-3H3/b18-13+,27-16?/t15-,19+/m0/s1. The number of nitrogens with one attached hydrogen (secondary N) is 1. The summed E-state index contributed by atoms with van der Waals surface area (Å²) in [6, 6.07) is 2.91. The van der Waals surface area contributed by atoms with Gasteiger partial charge in [0.05, 0.1) is 16.8 Å². The van der Waals surface area contributed by atoms with E-state index in [1.807, 2.05) is 6.92 Å². The van der Waals surface area contributed by atoms with Crippen molar-refractivity contribution in [2.45, 2.75) is 26.7 Å². The first-order valence-electron chi connectivity index (χ1n) is 10.4. The van der Waals surface area contributed by atoms with E-state index in [0.717, 1.165) is 11.9 Å². The number of allylic oxidation sites excluding steroid dienone is 4. The number of rotatable bonds is 6. The predicted molar refractivity (Wildman–Crippen MR) is 131 cm³/mol. The van der Waals surface area contributed by atoms with Gasteiger partial charge >= 0.3 is 0 Å². The lowest BCUT2D eigenvalue weighted by molar-refractivity contribution is 0.220. The number of pyridine rings is 1. The highest BCUT2D eigenvalue weighted by Gasteiger charge is 2.36. The Morgan fingerprint density at radius 1 is 1.45 bits per heavy atom. The Hall–Kier alpha value is -2.22. The Labute approximate surface area is 203 Å². The lowest BCUT2D eigenvalue weighted by Gasteiger charge is -2.38. The minimum Gasteiger partial charge on any atom is -0.349 e. The van der Waals surface area contributed by atoms with Gasteiger partial charge < -0.3 is 5.32 Å². The maximum absolute atomic E-state index is 13.3. The molecule has 0 aromatic carbocycles. The van der Waals surface area contributed by atoms with Crippen molar-refractivity contribution in [1.29, 1.82) is 0 Å². The smallest absolute Gasteiger partial charge is 0.244 e. The molecule has 1 fully saturated rings.